The topological polar surface area (TPSA) is 110 Å². The minimum absolute atomic E-state index is 0.370. The smallest absolute Gasteiger partial charge is 0.432 e. The molecule has 0 bridgehead atoms. The van der Waals surface area contributed by atoms with Gasteiger partial charge in [-0.2, -0.15) is 0 Å². The Labute approximate surface area is 103 Å². The number of carbonyl (C=O) groups is 3. The van der Waals surface area contributed by atoms with E-state index in [0.29, 0.717) is 0 Å². The molecular weight excluding hydrogens is 244 g/mol. The molecule has 0 saturated heterocycles. The van der Waals surface area contributed by atoms with Crippen LogP contribution in [-0.2, 0) is 19.1 Å². The van der Waals surface area contributed by atoms with Gasteiger partial charge in [-0.15, -0.1) is 0 Å². The monoisotopic (exact) mass is 258 g/mol. The van der Waals surface area contributed by atoms with E-state index in [9.17, 15) is 14.4 Å². The molecule has 2 N–H and O–H groups in total. The maximum atomic E-state index is 11.5. The van der Waals surface area contributed by atoms with Crippen molar-refractivity contribution in [2.24, 2.45) is 0 Å². The van der Waals surface area contributed by atoms with E-state index in [1.807, 2.05) is 0 Å². The van der Waals surface area contributed by atoms with Crippen molar-refractivity contribution in [2.75, 3.05) is 19.8 Å². The summed E-state index contributed by atoms with van der Waals surface area (Å²) in [6.45, 7) is 4.39. The minimum Gasteiger partial charge on any atom is -0.432 e. The first-order chi connectivity index (χ1) is 8.48. The number of aliphatic hydroxyl groups excluding tert-OH is 2. The lowest BCUT2D eigenvalue weighted by Crippen LogP contribution is -2.52. The van der Waals surface area contributed by atoms with Gasteiger partial charge in [-0.05, 0) is 12.2 Å². The van der Waals surface area contributed by atoms with E-state index < -0.39 is 36.5 Å². The van der Waals surface area contributed by atoms with Gasteiger partial charge in [0.2, 0.25) is 11.6 Å². The molecule has 7 nitrogen and oxygen atoms in total. The minimum atomic E-state index is -2.43. The molecule has 100 valence electrons. The summed E-state index contributed by atoms with van der Waals surface area (Å²) < 4.78 is 8.87. The van der Waals surface area contributed by atoms with Gasteiger partial charge in [0.25, 0.3) is 5.60 Å². The van der Waals surface area contributed by atoms with E-state index in [1.54, 1.807) is 0 Å². The molecule has 7 heteroatoms. The summed E-state index contributed by atoms with van der Waals surface area (Å²) in [5.74, 6) is -2.01. The first-order valence-electron chi connectivity index (χ1n) is 4.89. The van der Waals surface area contributed by atoms with Crippen molar-refractivity contribution in [1.29, 1.82) is 0 Å². The molecule has 0 amide bonds. The van der Waals surface area contributed by atoms with Crippen LogP contribution in [0.1, 0.15) is 0 Å². The van der Waals surface area contributed by atoms with E-state index in [4.69, 9.17) is 10.2 Å². The standard InChI is InChI=1S/C11H14O7/c1-3-8(14)11(7-13,9(15)4-2)18-10(16)17-6-5-12/h3-4,12-13H,1-2,5-7H2. The van der Waals surface area contributed by atoms with Gasteiger partial charge in [0.15, 0.2) is 0 Å². The van der Waals surface area contributed by atoms with Crippen molar-refractivity contribution >= 4 is 17.7 Å². The lowest BCUT2D eigenvalue weighted by Gasteiger charge is -2.25. The number of hydrogen-bond acceptors (Lipinski definition) is 7. The third-order valence-electron chi connectivity index (χ3n) is 1.96. The Balaban J connectivity index is 5.14. The molecule has 0 aromatic heterocycles. The molecule has 0 unspecified atom stereocenters. The highest BCUT2D eigenvalue weighted by atomic mass is 16.7. The molecule has 0 radical (unpaired) electrons. The van der Waals surface area contributed by atoms with Gasteiger partial charge in [0.05, 0.1) is 13.2 Å². The number of hydrogen-bond donors (Lipinski definition) is 2. The first kappa shape index (κ1) is 16.0. The van der Waals surface area contributed by atoms with Crippen molar-refractivity contribution in [1.82, 2.24) is 0 Å². The maximum Gasteiger partial charge on any atom is 0.509 e. The maximum absolute atomic E-state index is 11.5. The van der Waals surface area contributed by atoms with Crippen LogP contribution in [0.15, 0.2) is 25.3 Å². The second-order valence-electron chi connectivity index (χ2n) is 3.05. The molecule has 0 aliphatic carbocycles. The van der Waals surface area contributed by atoms with Gasteiger partial charge in [0.1, 0.15) is 6.61 Å². The summed E-state index contributed by atoms with van der Waals surface area (Å²) in [5, 5.41) is 17.6. The molecule has 0 fully saturated rings. The zero-order chi connectivity index (χ0) is 14.2. The van der Waals surface area contributed by atoms with Crippen molar-refractivity contribution in [2.45, 2.75) is 5.60 Å². The normalized spacial score (nSPS) is 10.3. The number of carbonyl (C=O) groups excluding carboxylic acids is 3. The van der Waals surface area contributed by atoms with E-state index in [-0.39, 0.29) is 6.61 Å². The predicted octanol–water partition coefficient (Wildman–Crippen LogP) is -0.627. The highest BCUT2D eigenvalue weighted by molar-refractivity contribution is 6.19. The number of rotatable bonds is 8. The van der Waals surface area contributed by atoms with Crippen LogP contribution < -0.4 is 0 Å². The Kier molecular flexibility index (Phi) is 6.54. The fourth-order valence-electron chi connectivity index (χ4n) is 1.04. The van der Waals surface area contributed by atoms with Gasteiger partial charge in [-0.25, -0.2) is 4.79 Å². The van der Waals surface area contributed by atoms with Crippen LogP contribution in [0.4, 0.5) is 4.79 Å². The predicted molar refractivity (Wildman–Crippen MR) is 59.7 cm³/mol. The second kappa shape index (κ2) is 7.36. The lowest BCUT2D eigenvalue weighted by atomic mass is 9.93. The van der Waals surface area contributed by atoms with Crippen molar-refractivity contribution in [3.05, 3.63) is 25.3 Å². The summed E-state index contributed by atoms with van der Waals surface area (Å²) in [6.07, 6.45) is 0.0944. The van der Waals surface area contributed by atoms with Crippen LogP contribution in [0.2, 0.25) is 0 Å². The van der Waals surface area contributed by atoms with Gasteiger partial charge < -0.3 is 19.7 Å². The summed E-state index contributed by atoms with van der Waals surface area (Å²) >= 11 is 0. The average Bonchev–Trinajstić information content (AvgIpc) is 2.40. The van der Waals surface area contributed by atoms with Crippen LogP contribution in [0.25, 0.3) is 0 Å². The van der Waals surface area contributed by atoms with Crippen LogP contribution in [-0.4, -0.2) is 53.4 Å². The molecule has 18 heavy (non-hydrogen) atoms. The van der Waals surface area contributed by atoms with Crippen LogP contribution in [0.3, 0.4) is 0 Å². The zero-order valence-corrected chi connectivity index (χ0v) is 9.63. The van der Waals surface area contributed by atoms with Gasteiger partial charge in [0, 0.05) is 0 Å². The number of ketones is 2. The highest BCUT2D eigenvalue weighted by Crippen LogP contribution is 2.16. The molecule has 0 atom stereocenters. The van der Waals surface area contributed by atoms with E-state index in [2.05, 4.69) is 22.6 Å². The largest absolute Gasteiger partial charge is 0.509 e. The molecule has 0 aromatic rings. The van der Waals surface area contributed by atoms with Gasteiger partial charge in [-0.1, -0.05) is 13.2 Å². The van der Waals surface area contributed by atoms with Crippen molar-refractivity contribution in [3.63, 3.8) is 0 Å². The Hall–Kier alpha value is -1.99. The van der Waals surface area contributed by atoms with E-state index in [0.717, 1.165) is 12.2 Å². The van der Waals surface area contributed by atoms with Crippen molar-refractivity contribution < 1.29 is 34.1 Å². The zero-order valence-electron chi connectivity index (χ0n) is 9.63. The molecule has 0 aliphatic rings. The summed E-state index contributed by atoms with van der Waals surface area (Å²) in [4.78, 5) is 34.3. The van der Waals surface area contributed by atoms with Gasteiger partial charge >= 0.3 is 6.16 Å². The molecular formula is C11H14O7. The molecule has 0 aromatic carbocycles. The summed E-state index contributed by atoms with van der Waals surface area (Å²) in [5.41, 5.74) is -2.43. The second-order valence-corrected chi connectivity index (χ2v) is 3.05. The Morgan fingerprint density at radius 3 is 1.94 bits per heavy atom. The number of ether oxygens (including phenoxy) is 2. The molecule has 0 aliphatic heterocycles. The van der Waals surface area contributed by atoms with Crippen LogP contribution >= 0.6 is 0 Å². The molecule has 0 spiro atoms. The van der Waals surface area contributed by atoms with Crippen molar-refractivity contribution in [3.8, 4) is 0 Å². The quantitative estimate of drug-likeness (QED) is 0.339. The summed E-state index contributed by atoms with van der Waals surface area (Å²) in [6, 6.07) is 0. The van der Waals surface area contributed by atoms with E-state index in [1.165, 1.54) is 0 Å². The average molecular weight is 258 g/mol. The number of aliphatic hydroxyl groups is 2. The molecule has 0 saturated carbocycles. The van der Waals surface area contributed by atoms with Crippen LogP contribution in [0.5, 0.6) is 0 Å². The molecule has 0 rings (SSSR count). The third kappa shape index (κ3) is 3.51. The first-order valence-corrected chi connectivity index (χ1v) is 4.89. The lowest BCUT2D eigenvalue weighted by molar-refractivity contribution is -0.152. The van der Waals surface area contributed by atoms with Gasteiger partial charge in [-0.3, -0.25) is 9.59 Å². The fourth-order valence-corrected chi connectivity index (χ4v) is 1.04. The van der Waals surface area contributed by atoms with E-state index >= 15 is 0 Å². The molecule has 0 heterocycles. The van der Waals surface area contributed by atoms with Crippen LogP contribution in [0, 0.1) is 0 Å². The Morgan fingerprint density at radius 1 is 1.11 bits per heavy atom. The SMILES string of the molecule is C=CC(=O)C(CO)(OC(=O)OCCO)C(=O)C=C. The Bertz CT molecular complexity index is 338. The summed E-state index contributed by atoms with van der Waals surface area (Å²) in [7, 11) is 0. The fraction of sp³-hybridized carbons (Fsp3) is 0.364. The highest BCUT2D eigenvalue weighted by Gasteiger charge is 2.46. The third-order valence-corrected chi connectivity index (χ3v) is 1.96. The Morgan fingerprint density at radius 2 is 1.61 bits per heavy atom.